The summed E-state index contributed by atoms with van der Waals surface area (Å²) in [4.78, 5) is 0. The minimum atomic E-state index is 0.470. The van der Waals surface area contributed by atoms with Gasteiger partial charge in [-0.2, -0.15) is 0 Å². The van der Waals surface area contributed by atoms with E-state index >= 15 is 0 Å². The van der Waals surface area contributed by atoms with Gasteiger partial charge in [0.15, 0.2) is 0 Å². The van der Waals surface area contributed by atoms with E-state index in [1.165, 1.54) is 5.56 Å². The molecule has 2 aromatic rings. The van der Waals surface area contributed by atoms with Crippen LogP contribution in [0.1, 0.15) is 25.3 Å². The molecule has 0 atom stereocenters. The number of nitrogens with one attached hydrogen (secondary N) is 1. The lowest BCUT2D eigenvalue weighted by molar-refractivity contribution is 0.415. The molecule has 2 rings (SSSR count). The van der Waals surface area contributed by atoms with Crippen LogP contribution in [0.3, 0.4) is 0 Å². The van der Waals surface area contributed by atoms with Crippen LogP contribution in [-0.2, 0) is 0 Å². The van der Waals surface area contributed by atoms with Crippen molar-refractivity contribution in [1.29, 1.82) is 0 Å². The van der Waals surface area contributed by atoms with Crippen LogP contribution in [0.4, 0.5) is 11.4 Å². The van der Waals surface area contributed by atoms with E-state index in [1.54, 1.807) is 7.11 Å². The van der Waals surface area contributed by atoms with Crippen molar-refractivity contribution in [3.05, 3.63) is 53.1 Å². The molecule has 0 aliphatic carbocycles. The van der Waals surface area contributed by atoms with Crippen molar-refractivity contribution < 1.29 is 4.74 Å². The van der Waals surface area contributed by atoms with Crippen LogP contribution in [0.2, 0.25) is 5.02 Å². The Morgan fingerprint density at radius 2 is 1.84 bits per heavy atom. The molecular weight excluding hydrogens is 258 g/mol. The highest BCUT2D eigenvalue weighted by atomic mass is 35.5. The molecule has 19 heavy (non-hydrogen) atoms. The lowest BCUT2D eigenvalue weighted by atomic mass is 10.0. The van der Waals surface area contributed by atoms with E-state index in [-0.39, 0.29) is 0 Å². The molecule has 0 unspecified atom stereocenters. The number of para-hydroxylation sites is 1. The number of anilines is 2. The normalized spacial score (nSPS) is 10.6. The van der Waals surface area contributed by atoms with Gasteiger partial charge in [-0.25, -0.2) is 0 Å². The molecule has 0 amide bonds. The zero-order chi connectivity index (χ0) is 13.8. The third kappa shape index (κ3) is 3.21. The number of hydrogen-bond acceptors (Lipinski definition) is 2. The molecular formula is C16H18ClNO. The summed E-state index contributed by atoms with van der Waals surface area (Å²) in [6, 6.07) is 14.0. The molecule has 0 aliphatic heterocycles. The van der Waals surface area contributed by atoms with Crippen LogP contribution in [0.25, 0.3) is 0 Å². The van der Waals surface area contributed by atoms with Crippen LogP contribution in [0, 0.1) is 0 Å². The van der Waals surface area contributed by atoms with Crippen molar-refractivity contribution in [3.8, 4) is 5.75 Å². The third-order valence-electron chi connectivity index (χ3n) is 3.01. The van der Waals surface area contributed by atoms with Gasteiger partial charge in [-0.3, -0.25) is 0 Å². The number of benzene rings is 2. The van der Waals surface area contributed by atoms with Crippen molar-refractivity contribution >= 4 is 23.0 Å². The molecule has 0 spiro atoms. The Morgan fingerprint density at radius 1 is 1.11 bits per heavy atom. The minimum absolute atomic E-state index is 0.470. The van der Waals surface area contributed by atoms with Crippen LogP contribution in [-0.4, -0.2) is 7.11 Å². The second kappa shape index (κ2) is 5.98. The van der Waals surface area contributed by atoms with Gasteiger partial charge in [-0.15, -0.1) is 0 Å². The van der Waals surface area contributed by atoms with Gasteiger partial charge in [0, 0.05) is 11.4 Å². The first-order valence-corrected chi connectivity index (χ1v) is 6.69. The summed E-state index contributed by atoms with van der Waals surface area (Å²) in [5.74, 6) is 1.15. The largest absolute Gasteiger partial charge is 0.495 e. The number of rotatable bonds is 4. The molecule has 0 aliphatic rings. The summed E-state index contributed by atoms with van der Waals surface area (Å²) >= 11 is 6.13. The third-order valence-corrected chi connectivity index (χ3v) is 3.31. The highest BCUT2D eigenvalue weighted by Gasteiger charge is 2.07. The molecule has 0 saturated carbocycles. The first-order valence-electron chi connectivity index (χ1n) is 6.31. The number of halogens is 1. The first-order chi connectivity index (χ1) is 9.11. The molecule has 0 fully saturated rings. The fourth-order valence-electron chi connectivity index (χ4n) is 2.01. The molecule has 100 valence electrons. The van der Waals surface area contributed by atoms with Gasteiger partial charge in [-0.1, -0.05) is 43.6 Å². The summed E-state index contributed by atoms with van der Waals surface area (Å²) in [7, 11) is 1.61. The Hall–Kier alpha value is -1.67. The maximum atomic E-state index is 6.13. The van der Waals surface area contributed by atoms with E-state index in [2.05, 4.69) is 37.4 Å². The van der Waals surface area contributed by atoms with Crippen LogP contribution < -0.4 is 10.1 Å². The van der Waals surface area contributed by atoms with E-state index in [0.717, 1.165) is 11.4 Å². The lowest BCUT2D eigenvalue weighted by Crippen LogP contribution is -1.97. The summed E-state index contributed by atoms with van der Waals surface area (Å²) in [6.45, 7) is 4.36. The second-order valence-corrected chi connectivity index (χ2v) is 5.12. The molecule has 0 saturated heterocycles. The predicted molar refractivity (Wildman–Crippen MR) is 81.8 cm³/mol. The molecule has 3 heteroatoms. The zero-order valence-electron chi connectivity index (χ0n) is 11.4. The average Bonchev–Trinajstić information content (AvgIpc) is 2.39. The summed E-state index contributed by atoms with van der Waals surface area (Å²) in [5, 5.41) is 4.01. The molecule has 0 radical (unpaired) electrons. The van der Waals surface area contributed by atoms with Crippen molar-refractivity contribution in [2.75, 3.05) is 12.4 Å². The smallest absolute Gasteiger partial charge is 0.137 e. The predicted octanol–water partition coefficient (Wildman–Crippen LogP) is 5.22. The van der Waals surface area contributed by atoms with Gasteiger partial charge in [0.25, 0.3) is 0 Å². The van der Waals surface area contributed by atoms with Gasteiger partial charge in [0.1, 0.15) is 5.75 Å². The SMILES string of the molecule is COc1ccc(Nc2ccccc2C(C)C)cc1Cl. The zero-order valence-corrected chi connectivity index (χ0v) is 12.2. The Labute approximate surface area is 119 Å². The maximum Gasteiger partial charge on any atom is 0.137 e. The van der Waals surface area contributed by atoms with E-state index in [1.807, 2.05) is 24.3 Å². The number of ether oxygens (including phenoxy) is 1. The Balaban J connectivity index is 2.29. The van der Waals surface area contributed by atoms with Crippen LogP contribution >= 0.6 is 11.6 Å². The summed E-state index contributed by atoms with van der Waals surface area (Å²) < 4.78 is 5.15. The fraction of sp³-hybridized carbons (Fsp3) is 0.250. The number of methoxy groups -OCH3 is 1. The van der Waals surface area contributed by atoms with Crippen LogP contribution in [0.5, 0.6) is 5.75 Å². The quantitative estimate of drug-likeness (QED) is 0.826. The summed E-state index contributed by atoms with van der Waals surface area (Å²) in [5.41, 5.74) is 3.35. The minimum Gasteiger partial charge on any atom is -0.495 e. The molecule has 0 aromatic heterocycles. The maximum absolute atomic E-state index is 6.13. The summed E-state index contributed by atoms with van der Waals surface area (Å²) in [6.07, 6.45) is 0. The van der Waals surface area contributed by atoms with Gasteiger partial charge >= 0.3 is 0 Å². The fourth-order valence-corrected chi connectivity index (χ4v) is 2.27. The van der Waals surface area contributed by atoms with Gasteiger partial charge in [0.2, 0.25) is 0 Å². The molecule has 0 heterocycles. The van der Waals surface area contributed by atoms with Crippen molar-refractivity contribution in [2.24, 2.45) is 0 Å². The van der Waals surface area contributed by atoms with E-state index in [0.29, 0.717) is 16.7 Å². The topological polar surface area (TPSA) is 21.3 Å². The van der Waals surface area contributed by atoms with Crippen molar-refractivity contribution in [2.45, 2.75) is 19.8 Å². The average molecular weight is 276 g/mol. The highest BCUT2D eigenvalue weighted by molar-refractivity contribution is 6.32. The van der Waals surface area contributed by atoms with E-state index < -0.39 is 0 Å². The molecule has 0 bridgehead atoms. The molecule has 2 nitrogen and oxygen atoms in total. The Bertz CT molecular complexity index is 566. The van der Waals surface area contributed by atoms with Gasteiger partial charge < -0.3 is 10.1 Å². The van der Waals surface area contributed by atoms with Gasteiger partial charge in [-0.05, 0) is 35.7 Å². The second-order valence-electron chi connectivity index (χ2n) is 4.72. The Kier molecular flexibility index (Phi) is 4.33. The Morgan fingerprint density at radius 3 is 2.47 bits per heavy atom. The first kappa shape index (κ1) is 13.8. The molecule has 1 N–H and O–H groups in total. The standard InChI is InChI=1S/C16H18ClNO/c1-11(2)13-6-4-5-7-15(13)18-12-8-9-16(19-3)14(17)10-12/h4-11,18H,1-3H3. The van der Waals surface area contributed by atoms with Gasteiger partial charge in [0.05, 0.1) is 12.1 Å². The molecule has 2 aromatic carbocycles. The van der Waals surface area contributed by atoms with Crippen LogP contribution in [0.15, 0.2) is 42.5 Å². The monoisotopic (exact) mass is 275 g/mol. The highest BCUT2D eigenvalue weighted by Crippen LogP contribution is 2.31. The van der Waals surface area contributed by atoms with Crippen molar-refractivity contribution in [3.63, 3.8) is 0 Å². The van der Waals surface area contributed by atoms with E-state index in [4.69, 9.17) is 16.3 Å². The number of hydrogen-bond donors (Lipinski definition) is 1. The van der Waals surface area contributed by atoms with Crippen molar-refractivity contribution in [1.82, 2.24) is 0 Å². The van der Waals surface area contributed by atoms with E-state index in [9.17, 15) is 0 Å². The lowest BCUT2D eigenvalue weighted by Gasteiger charge is -2.15.